The minimum Gasteiger partial charge on any atom is -0.452 e. The largest absolute Gasteiger partial charge is 0.452 e. The molecule has 0 saturated heterocycles. The minimum atomic E-state index is -0.541. The van der Waals surface area contributed by atoms with Crippen LogP contribution in [0.3, 0.4) is 0 Å². The van der Waals surface area contributed by atoms with Crippen LogP contribution < -0.4 is 5.32 Å². The zero-order valence-electron chi connectivity index (χ0n) is 15.8. The van der Waals surface area contributed by atoms with E-state index < -0.39 is 5.97 Å². The van der Waals surface area contributed by atoms with Crippen molar-refractivity contribution in [1.29, 1.82) is 0 Å². The van der Waals surface area contributed by atoms with Gasteiger partial charge in [-0.05, 0) is 49.6 Å². The summed E-state index contributed by atoms with van der Waals surface area (Å²) in [5, 5.41) is 4.32. The third kappa shape index (κ3) is 4.67. The standard InChI is InChI=1S/C22H21ClN2O3/c1-14-18-5-3-4-6-19(18)25-15(2)21(14)22(27)28-13-20(26)24-12-11-16-7-9-17(23)10-8-16/h3-10H,11-13H2,1-2H3,(H,24,26). The molecular formula is C22H21ClN2O3. The number of carbonyl (C=O) groups excluding carboxylic acids is 2. The molecule has 0 bridgehead atoms. The average Bonchev–Trinajstić information content (AvgIpc) is 2.68. The number of esters is 1. The number of pyridine rings is 1. The number of amides is 1. The van der Waals surface area contributed by atoms with Gasteiger partial charge in [0.25, 0.3) is 5.91 Å². The zero-order chi connectivity index (χ0) is 20.1. The van der Waals surface area contributed by atoms with Gasteiger partial charge in [0.15, 0.2) is 6.61 Å². The van der Waals surface area contributed by atoms with E-state index in [-0.39, 0.29) is 12.5 Å². The summed E-state index contributed by atoms with van der Waals surface area (Å²) in [5.41, 5.74) is 3.69. The molecule has 1 amide bonds. The normalized spacial score (nSPS) is 10.7. The van der Waals surface area contributed by atoms with Crippen molar-refractivity contribution in [3.8, 4) is 0 Å². The van der Waals surface area contributed by atoms with E-state index in [1.165, 1.54) is 0 Å². The quantitative estimate of drug-likeness (QED) is 0.639. The number of rotatable bonds is 6. The number of para-hydroxylation sites is 1. The number of halogens is 1. The predicted molar refractivity (Wildman–Crippen MR) is 110 cm³/mol. The van der Waals surface area contributed by atoms with Gasteiger partial charge in [0.2, 0.25) is 0 Å². The lowest BCUT2D eigenvalue weighted by Gasteiger charge is -2.12. The van der Waals surface area contributed by atoms with Crippen molar-refractivity contribution in [2.45, 2.75) is 20.3 Å². The van der Waals surface area contributed by atoms with Gasteiger partial charge in [-0.3, -0.25) is 9.78 Å². The van der Waals surface area contributed by atoms with Gasteiger partial charge in [-0.15, -0.1) is 0 Å². The van der Waals surface area contributed by atoms with Crippen LogP contribution in [0.15, 0.2) is 48.5 Å². The van der Waals surface area contributed by atoms with Gasteiger partial charge in [-0.25, -0.2) is 4.79 Å². The Bertz CT molecular complexity index is 1020. The molecule has 1 N–H and O–H groups in total. The number of nitrogens with zero attached hydrogens (tertiary/aromatic N) is 1. The number of aromatic nitrogens is 1. The van der Waals surface area contributed by atoms with Crippen molar-refractivity contribution < 1.29 is 14.3 Å². The maximum absolute atomic E-state index is 12.5. The summed E-state index contributed by atoms with van der Waals surface area (Å²) in [6.07, 6.45) is 0.670. The van der Waals surface area contributed by atoms with Gasteiger partial charge in [-0.2, -0.15) is 0 Å². The molecule has 6 heteroatoms. The molecule has 0 spiro atoms. The van der Waals surface area contributed by atoms with Crippen LogP contribution in [0.2, 0.25) is 5.02 Å². The van der Waals surface area contributed by atoms with E-state index in [9.17, 15) is 9.59 Å². The molecule has 0 fully saturated rings. The molecule has 0 aliphatic rings. The molecule has 0 aliphatic heterocycles. The maximum atomic E-state index is 12.5. The summed E-state index contributed by atoms with van der Waals surface area (Å²) in [6, 6.07) is 15.1. The fourth-order valence-electron chi connectivity index (χ4n) is 3.08. The van der Waals surface area contributed by atoms with Gasteiger partial charge in [0, 0.05) is 17.0 Å². The van der Waals surface area contributed by atoms with Gasteiger partial charge in [-0.1, -0.05) is 41.9 Å². The summed E-state index contributed by atoms with van der Waals surface area (Å²) in [7, 11) is 0. The maximum Gasteiger partial charge on any atom is 0.340 e. The highest BCUT2D eigenvalue weighted by atomic mass is 35.5. The first-order chi connectivity index (χ1) is 13.5. The number of hydrogen-bond donors (Lipinski definition) is 1. The lowest BCUT2D eigenvalue weighted by Crippen LogP contribution is -2.30. The van der Waals surface area contributed by atoms with Crippen LogP contribution in [-0.4, -0.2) is 30.0 Å². The van der Waals surface area contributed by atoms with Crippen molar-refractivity contribution in [3.63, 3.8) is 0 Å². The van der Waals surface area contributed by atoms with E-state index in [0.717, 1.165) is 22.0 Å². The number of hydrogen-bond acceptors (Lipinski definition) is 4. The molecule has 3 rings (SSSR count). The molecular weight excluding hydrogens is 376 g/mol. The molecule has 0 aliphatic carbocycles. The Morgan fingerprint density at radius 2 is 1.79 bits per heavy atom. The Hall–Kier alpha value is -2.92. The highest BCUT2D eigenvalue weighted by molar-refractivity contribution is 6.30. The molecule has 0 saturated carbocycles. The van der Waals surface area contributed by atoms with E-state index in [1.54, 1.807) is 6.92 Å². The first kappa shape index (κ1) is 19.8. The van der Waals surface area contributed by atoms with Crippen LogP contribution in [-0.2, 0) is 16.0 Å². The Balaban J connectivity index is 1.55. The second kappa shape index (κ2) is 8.85. The smallest absolute Gasteiger partial charge is 0.340 e. The molecule has 1 heterocycles. The number of nitrogens with one attached hydrogen (secondary N) is 1. The monoisotopic (exact) mass is 396 g/mol. The number of aryl methyl sites for hydroxylation is 2. The van der Waals surface area contributed by atoms with E-state index in [2.05, 4.69) is 10.3 Å². The summed E-state index contributed by atoms with van der Waals surface area (Å²) >= 11 is 5.85. The second-order valence-electron chi connectivity index (χ2n) is 6.52. The summed E-state index contributed by atoms with van der Waals surface area (Å²) in [4.78, 5) is 29.0. The molecule has 2 aromatic carbocycles. The van der Waals surface area contributed by atoms with Crippen LogP contribution in [0.25, 0.3) is 10.9 Å². The lowest BCUT2D eigenvalue weighted by atomic mass is 10.0. The summed E-state index contributed by atoms with van der Waals surface area (Å²) in [5.74, 6) is -0.882. The van der Waals surface area contributed by atoms with Crippen molar-refractivity contribution in [3.05, 3.63) is 75.9 Å². The summed E-state index contributed by atoms with van der Waals surface area (Å²) < 4.78 is 5.21. The van der Waals surface area contributed by atoms with Crippen LogP contribution >= 0.6 is 11.6 Å². The van der Waals surface area contributed by atoms with Crippen LogP contribution in [0.5, 0.6) is 0 Å². The SMILES string of the molecule is Cc1nc2ccccc2c(C)c1C(=O)OCC(=O)NCCc1ccc(Cl)cc1. The summed E-state index contributed by atoms with van der Waals surface area (Å²) in [6.45, 7) is 3.75. The average molecular weight is 397 g/mol. The molecule has 1 aromatic heterocycles. The Morgan fingerprint density at radius 3 is 2.54 bits per heavy atom. The predicted octanol–water partition coefficient (Wildman–Crippen LogP) is 4.02. The van der Waals surface area contributed by atoms with Gasteiger partial charge in [0.1, 0.15) is 0 Å². The number of carbonyl (C=O) groups is 2. The molecule has 3 aromatic rings. The van der Waals surface area contributed by atoms with Crippen LogP contribution in [0.4, 0.5) is 0 Å². The molecule has 0 radical (unpaired) electrons. The third-order valence-corrected chi connectivity index (χ3v) is 4.77. The molecule has 5 nitrogen and oxygen atoms in total. The van der Waals surface area contributed by atoms with E-state index in [1.807, 2.05) is 55.5 Å². The van der Waals surface area contributed by atoms with Crippen LogP contribution in [0, 0.1) is 13.8 Å². The van der Waals surface area contributed by atoms with E-state index in [4.69, 9.17) is 16.3 Å². The fourth-order valence-corrected chi connectivity index (χ4v) is 3.21. The number of fused-ring (bicyclic) bond motifs is 1. The van der Waals surface area contributed by atoms with Gasteiger partial charge >= 0.3 is 5.97 Å². The topological polar surface area (TPSA) is 68.3 Å². The minimum absolute atomic E-state index is 0.328. The number of ether oxygens (including phenoxy) is 1. The highest BCUT2D eigenvalue weighted by Gasteiger charge is 2.18. The first-order valence-corrected chi connectivity index (χ1v) is 9.37. The Morgan fingerprint density at radius 1 is 1.07 bits per heavy atom. The molecule has 28 heavy (non-hydrogen) atoms. The first-order valence-electron chi connectivity index (χ1n) is 9.00. The van der Waals surface area contributed by atoms with Crippen molar-refractivity contribution in [2.75, 3.05) is 13.2 Å². The van der Waals surface area contributed by atoms with Crippen molar-refractivity contribution in [2.24, 2.45) is 0 Å². The Kier molecular flexibility index (Phi) is 6.26. The molecule has 0 unspecified atom stereocenters. The van der Waals surface area contributed by atoms with Crippen molar-refractivity contribution >= 4 is 34.4 Å². The Labute approximate surface area is 168 Å². The van der Waals surface area contributed by atoms with E-state index in [0.29, 0.717) is 29.2 Å². The van der Waals surface area contributed by atoms with Gasteiger partial charge < -0.3 is 10.1 Å². The van der Waals surface area contributed by atoms with Crippen LogP contribution in [0.1, 0.15) is 27.2 Å². The van der Waals surface area contributed by atoms with Crippen molar-refractivity contribution in [1.82, 2.24) is 10.3 Å². The van der Waals surface area contributed by atoms with E-state index >= 15 is 0 Å². The van der Waals surface area contributed by atoms with Gasteiger partial charge in [0.05, 0.1) is 16.8 Å². The number of benzene rings is 2. The lowest BCUT2D eigenvalue weighted by molar-refractivity contribution is -0.124. The third-order valence-electron chi connectivity index (χ3n) is 4.52. The molecule has 144 valence electrons. The second-order valence-corrected chi connectivity index (χ2v) is 6.95. The highest BCUT2D eigenvalue weighted by Crippen LogP contribution is 2.23. The molecule has 0 atom stereocenters. The fraction of sp³-hybridized carbons (Fsp3) is 0.227. The zero-order valence-corrected chi connectivity index (χ0v) is 16.5.